The first-order valence-electron chi connectivity index (χ1n) is 6.22. The molecule has 0 aliphatic rings. The number of ketones is 2. The Balaban J connectivity index is 6.43. The van der Waals surface area contributed by atoms with Crippen LogP contribution in [0.5, 0.6) is 0 Å². The van der Waals surface area contributed by atoms with Gasteiger partial charge in [-0.25, -0.2) is 4.74 Å². The van der Waals surface area contributed by atoms with Gasteiger partial charge in [0, 0.05) is 0 Å². The van der Waals surface area contributed by atoms with Gasteiger partial charge in [0.05, 0.1) is 0 Å². The molecule has 0 N–H and O–H groups in total. The van der Waals surface area contributed by atoms with Crippen LogP contribution in [0.4, 0.5) is 79.0 Å². The van der Waals surface area contributed by atoms with E-state index in [1.54, 1.807) is 0 Å². The minimum Gasteiger partial charge on any atom is -0.286 e. The number of rotatable bonds is 8. The van der Waals surface area contributed by atoms with Crippen LogP contribution >= 0.6 is 0 Å². The summed E-state index contributed by atoms with van der Waals surface area (Å²) in [4.78, 5) is 21.2. The number of hydrogen-bond acceptors (Lipinski definition) is 3. The zero-order valence-electron chi connectivity index (χ0n) is 13.0. The highest BCUT2D eigenvalue weighted by Gasteiger charge is 2.85. The number of Topliss-reactive ketones (excluding diaryl/α,β-unsaturated/α-hetero) is 2. The average Bonchev–Trinajstić information content (AvgIpc) is 2.49. The summed E-state index contributed by atoms with van der Waals surface area (Å²) in [5.74, 6) is -50.6. The number of carbonyl (C=O) groups is 2. The van der Waals surface area contributed by atoms with E-state index in [-0.39, 0.29) is 0 Å². The third kappa shape index (κ3) is 4.64. The van der Waals surface area contributed by atoms with Crippen LogP contribution in [0.15, 0.2) is 0 Å². The lowest BCUT2D eigenvalue weighted by Crippen LogP contribution is -2.68. The normalized spacial score (nSPS) is 15.8. The summed E-state index contributed by atoms with van der Waals surface area (Å²) < 4.78 is 226. The van der Waals surface area contributed by atoms with Crippen LogP contribution in [0.3, 0.4) is 0 Å². The van der Waals surface area contributed by atoms with Gasteiger partial charge in [0.1, 0.15) is 0 Å². The Morgan fingerprint density at radius 1 is 0.452 bits per heavy atom. The van der Waals surface area contributed by atoms with Gasteiger partial charge in [0.2, 0.25) is 0 Å². The van der Waals surface area contributed by atoms with Crippen molar-refractivity contribution in [1.82, 2.24) is 0 Å². The Kier molecular flexibility index (Phi) is 6.83. The summed E-state index contributed by atoms with van der Waals surface area (Å²) in [6.45, 7) is 0. The number of alkyl halides is 18. The predicted molar refractivity (Wildman–Crippen MR) is 52.9 cm³/mol. The van der Waals surface area contributed by atoms with Gasteiger partial charge in [0.25, 0.3) is 11.6 Å². The molecule has 184 valence electrons. The molecule has 0 aromatic carbocycles. The van der Waals surface area contributed by atoms with Gasteiger partial charge < -0.3 is 0 Å². The molecule has 0 heterocycles. The van der Waals surface area contributed by atoms with E-state index in [1.165, 1.54) is 4.74 Å². The predicted octanol–water partition coefficient (Wildman–Crippen LogP) is 4.99. The van der Waals surface area contributed by atoms with Gasteiger partial charge >= 0.3 is 48.3 Å². The van der Waals surface area contributed by atoms with Gasteiger partial charge in [0.15, 0.2) is 0 Å². The number of hydrogen-bond donors (Lipinski definition) is 0. The maximum atomic E-state index is 13.2. The van der Waals surface area contributed by atoms with E-state index in [0.717, 1.165) is 0 Å². The molecule has 31 heavy (non-hydrogen) atoms. The maximum absolute atomic E-state index is 13.2. The molecule has 0 spiro atoms. The van der Waals surface area contributed by atoms with E-state index >= 15 is 0 Å². The molecule has 0 fully saturated rings. The molecular weight excluding hydrogens is 510 g/mol. The minimum absolute atomic E-state index is 1.26. The second-order valence-corrected chi connectivity index (χ2v) is 5.09. The molecule has 0 saturated heterocycles. The highest BCUT2D eigenvalue weighted by Crippen LogP contribution is 2.53. The van der Waals surface area contributed by atoms with E-state index in [1.807, 2.05) is 0 Å². The fraction of sp³-hybridized carbons (Fsp3) is 0.800. The first kappa shape index (κ1) is 29.0. The standard InChI is InChI=1S/C10F18O3/c11-3(12,1(29)5(15,16)7(19,20)8(21,22)23)4(13,14)2(30)6(17,18)9(24,25)31-10(26,27)28. The van der Waals surface area contributed by atoms with Gasteiger partial charge in [-0.3, -0.25) is 9.59 Å². The van der Waals surface area contributed by atoms with Crippen molar-refractivity contribution in [2.24, 2.45) is 0 Å². The van der Waals surface area contributed by atoms with Crippen molar-refractivity contribution in [1.29, 1.82) is 0 Å². The monoisotopic (exact) mass is 510 g/mol. The van der Waals surface area contributed by atoms with Crippen molar-refractivity contribution in [3.8, 4) is 0 Å². The first-order valence-corrected chi connectivity index (χ1v) is 6.22. The van der Waals surface area contributed by atoms with Crippen molar-refractivity contribution < 1.29 is 93.4 Å². The summed E-state index contributed by atoms with van der Waals surface area (Å²) in [5, 5.41) is 0. The fourth-order valence-electron chi connectivity index (χ4n) is 1.34. The van der Waals surface area contributed by atoms with Gasteiger partial charge in [-0.2, -0.15) is 65.9 Å². The molecule has 0 aliphatic carbocycles. The molecule has 0 saturated carbocycles. The minimum atomic E-state index is -8.01. The molecule has 3 nitrogen and oxygen atoms in total. The van der Waals surface area contributed by atoms with Crippen molar-refractivity contribution in [2.45, 2.75) is 48.3 Å². The largest absolute Gasteiger partial charge is 0.527 e. The number of ether oxygens (including phenoxy) is 1. The van der Waals surface area contributed by atoms with Crippen LogP contribution in [0, 0.1) is 0 Å². The second-order valence-electron chi connectivity index (χ2n) is 5.09. The average molecular weight is 510 g/mol. The van der Waals surface area contributed by atoms with Crippen LogP contribution in [0.25, 0.3) is 0 Å². The van der Waals surface area contributed by atoms with Crippen LogP contribution in [0.1, 0.15) is 0 Å². The van der Waals surface area contributed by atoms with Crippen molar-refractivity contribution in [2.75, 3.05) is 0 Å². The van der Waals surface area contributed by atoms with Crippen LogP contribution < -0.4 is 0 Å². The highest BCUT2D eigenvalue weighted by molar-refractivity contribution is 6.03. The summed E-state index contributed by atoms with van der Waals surface area (Å²) in [6, 6.07) is 0. The third-order valence-corrected chi connectivity index (χ3v) is 2.89. The van der Waals surface area contributed by atoms with Crippen molar-refractivity contribution in [3.63, 3.8) is 0 Å². The smallest absolute Gasteiger partial charge is 0.286 e. The number of carbonyl (C=O) groups excluding carboxylic acids is 2. The molecule has 0 atom stereocenters. The van der Waals surface area contributed by atoms with Crippen LogP contribution in [-0.4, -0.2) is 59.8 Å². The number of halogens is 18. The van der Waals surface area contributed by atoms with Gasteiger partial charge in [-0.1, -0.05) is 0 Å². The molecule has 0 amide bonds. The topological polar surface area (TPSA) is 43.4 Å². The lowest BCUT2D eigenvalue weighted by Gasteiger charge is -2.33. The SMILES string of the molecule is O=C(C(F)(F)C(F)(F)OC(F)(F)F)C(F)(F)C(F)(F)C(=O)C(F)(F)C(F)(F)C(F)(F)F. The summed E-state index contributed by atoms with van der Waals surface area (Å²) in [7, 11) is 0. The summed E-state index contributed by atoms with van der Waals surface area (Å²) >= 11 is 0. The highest BCUT2D eigenvalue weighted by atomic mass is 19.4. The molecule has 21 heteroatoms. The van der Waals surface area contributed by atoms with E-state index in [0.29, 0.717) is 0 Å². The van der Waals surface area contributed by atoms with Crippen LogP contribution in [-0.2, 0) is 14.3 Å². The molecular formula is C10F18O3. The van der Waals surface area contributed by atoms with Crippen molar-refractivity contribution in [3.05, 3.63) is 0 Å². The summed E-state index contributed by atoms with van der Waals surface area (Å²) in [6.07, 6.45) is -22.0. The van der Waals surface area contributed by atoms with E-state index < -0.39 is 59.8 Å². The van der Waals surface area contributed by atoms with Gasteiger partial charge in [-0.15, -0.1) is 13.2 Å². The molecule has 0 aliphatic heterocycles. The second kappa shape index (κ2) is 7.29. The van der Waals surface area contributed by atoms with Crippen molar-refractivity contribution >= 4 is 11.6 Å². The Hall–Kier alpha value is -1.96. The Morgan fingerprint density at radius 2 is 0.742 bits per heavy atom. The van der Waals surface area contributed by atoms with E-state index in [2.05, 4.69) is 0 Å². The van der Waals surface area contributed by atoms with Crippen LogP contribution in [0.2, 0.25) is 0 Å². The van der Waals surface area contributed by atoms with E-state index in [4.69, 9.17) is 0 Å². The lowest BCUT2D eigenvalue weighted by molar-refractivity contribution is -0.459. The quantitative estimate of drug-likeness (QED) is 0.433. The molecule has 0 unspecified atom stereocenters. The summed E-state index contributed by atoms with van der Waals surface area (Å²) in [5.41, 5.74) is 0. The molecule has 0 radical (unpaired) electrons. The van der Waals surface area contributed by atoms with E-state index in [9.17, 15) is 88.6 Å². The molecule has 0 aromatic rings. The lowest BCUT2D eigenvalue weighted by atomic mass is 9.92. The zero-order valence-corrected chi connectivity index (χ0v) is 13.0. The maximum Gasteiger partial charge on any atom is 0.527 e. The first-order chi connectivity index (χ1) is 13.0. The zero-order chi connectivity index (χ0) is 25.9. The molecule has 0 rings (SSSR count). The molecule has 0 bridgehead atoms. The fourth-order valence-corrected chi connectivity index (χ4v) is 1.34. The third-order valence-electron chi connectivity index (χ3n) is 2.89. The van der Waals surface area contributed by atoms with Gasteiger partial charge in [-0.05, 0) is 0 Å². The Bertz CT molecular complexity index is 713. The Morgan fingerprint density at radius 3 is 1.00 bits per heavy atom. The molecule has 0 aromatic heterocycles. The Labute approximate surface area is 154 Å².